The van der Waals surface area contributed by atoms with Gasteiger partial charge in [-0.05, 0) is 33.6 Å². The molecule has 3 N–H and O–H groups in total. The molecule has 1 amide bonds. The lowest BCUT2D eigenvalue weighted by molar-refractivity contribution is 0.00671. The smallest absolute Gasteiger partial charge is 0.410 e. The summed E-state index contributed by atoms with van der Waals surface area (Å²) in [6, 6.07) is -0.195. The van der Waals surface area contributed by atoms with Crippen molar-refractivity contribution in [1.29, 1.82) is 0 Å². The lowest BCUT2D eigenvalue weighted by atomic mass is 10.1. The number of hydrogen-bond acceptors (Lipinski definition) is 4. The van der Waals surface area contributed by atoms with Crippen molar-refractivity contribution >= 4 is 6.09 Å². The van der Waals surface area contributed by atoms with Gasteiger partial charge in [0, 0.05) is 13.1 Å². The van der Waals surface area contributed by atoms with Gasteiger partial charge >= 0.3 is 6.09 Å². The summed E-state index contributed by atoms with van der Waals surface area (Å²) in [6.45, 7) is 6.29. The Balaban J connectivity index is 2.61. The van der Waals surface area contributed by atoms with Gasteiger partial charge in [-0.15, -0.1) is 0 Å². The van der Waals surface area contributed by atoms with Crippen LogP contribution in [-0.2, 0) is 4.74 Å². The topological polar surface area (TPSA) is 75.8 Å². The molecule has 0 bridgehead atoms. The maximum atomic E-state index is 11.8. The lowest BCUT2D eigenvalue weighted by Crippen LogP contribution is -2.47. The second-order valence-corrected chi connectivity index (χ2v) is 5.19. The molecule has 0 radical (unpaired) electrons. The first kappa shape index (κ1) is 13.3. The fraction of sp³-hybridized carbons (Fsp3) is 0.909. The predicted octanol–water partition coefficient (Wildman–Crippen LogP) is 0.706. The number of carbonyl (C=O) groups is 1. The van der Waals surface area contributed by atoms with Crippen LogP contribution in [0.4, 0.5) is 4.79 Å². The molecule has 1 aliphatic rings. The minimum Gasteiger partial charge on any atom is -0.444 e. The summed E-state index contributed by atoms with van der Waals surface area (Å²) < 4.78 is 5.28. The SMILES string of the molecule is CC(C)(C)OC(=O)N1CCCC1[C@@H](O)CN. The Morgan fingerprint density at radius 1 is 1.62 bits per heavy atom. The quantitative estimate of drug-likeness (QED) is 0.732. The van der Waals surface area contributed by atoms with E-state index in [1.807, 2.05) is 20.8 Å². The third-order valence-corrected chi connectivity index (χ3v) is 2.61. The third kappa shape index (κ3) is 3.35. The Morgan fingerprint density at radius 2 is 2.25 bits per heavy atom. The van der Waals surface area contributed by atoms with Crippen LogP contribution in [0.2, 0.25) is 0 Å². The van der Waals surface area contributed by atoms with Crippen LogP contribution in [0.15, 0.2) is 0 Å². The van der Waals surface area contributed by atoms with Crippen LogP contribution in [0.1, 0.15) is 33.6 Å². The fourth-order valence-corrected chi connectivity index (χ4v) is 1.90. The molecule has 1 rings (SSSR count). The molecule has 1 heterocycles. The van der Waals surface area contributed by atoms with E-state index < -0.39 is 11.7 Å². The first-order chi connectivity index (χ1) is 7.35. The van der Waals surface area contributed by atoms with Crippen LogP contribution in [0.25, 0.3) is 0 Å². The number of amides is 1. The Labute approximate surface area is 96.6 Å². The summed E-state index contributed by atoms with van der Waals surface area (Å²) in [4.78, 5) is 13.4. The molecule has 0 spiro atoms. The van der Waals surface area contributed by atoms with Gasteiger partial charge in [0.05, 0.1) is 12.1 Å². The van der Waals surface area contributed by atoms with Crippen molar-refractivity contribution in [2.24, 2.45) is 5.73 Å². The second-order valence-electron chi connectivity index (χ2n) is 5.19. The number of hydrogen-bond donors (Lipinski definition) is 2. The Bertz CT molecular complexity index is 250. The van der Waals surface area contributed by atoms with E-state index in [4.69, 9.17) is 10.5 Å². The van der Waals surface area contributed by atoms with Crippen molar-refractivity contribution in [3.63, 3.8) is 0 Å². The molecule has 94 valence electrons. The molecule has 2 atom stereocenters. The average molecular weight is 230 g/mol. The first-order valence-corrected chi connectivity index (χ1v) is 5.73. The molecule has 5 nitrogen and oxygen atoms in total. The van der Waals surface area contributed by atoms with Gasteiger partial charge in [0.2, 0.25) is 0 Å². The summed E-state index contributed by atoms with van der Waals surface area (Å²) in [5.74, 6) is 0. The number of rotatable bonds is 2. The normalized spacial score (nSPS) is 23.3. The van der Waals surface area contributed by atoms with E-state index in [1.165, 1.54) is 0 Å². The van der Waals surface area contributed by atoms with Crippen LogP contribution < -0.4 is 5.73 Å². The van der Waals surface area contributed by atoms with Gasteiger partial charge in [-0.3, -0.25) is 0 Å². The highest BCUT2D eigenvalue weighted by Gasteiger charge is 2.35. The van der Waals surface area contributed by atoms with Crippen LogP contribution in [0.3, 0.4) is 0 Å². The second kappa shape index (κ2) is 5.01. The summed E-state index contributed by atoms with van der Waals surface area (Å²) in [5, 5.41) is 9.70. The van der Waals surface area contributed by atoms with Crippen molar-refractivity contribution in [3.8, 4) is 0 Å². The van der Waals surface area contributed by atoms with Crippen molar-refractivity contribution in [2.75, 3.05) is 13.1 Å². The summed E-state index contributed by atoms with van der Waals surface area (Å²) >= 11 is 0. The minimum atomic E-state index is -0.657. The zero-order chi connectivity index (χ0) is 12.3. The Kier molecular flexibility index (Phi) is 4.15. The Hall–Kier alpha value is -0.810. The largest absolute Gasteiger partial charge is 0.444 e. The van der Waals surface area contributed by atoms with E-state index in [2.05, 4.69) is 0 Å². The molecule has 1 unspecified atom stereocenters. The van der Waals surface area contributed by atoms with Gasteiger partial charge in [0.1, 0.15) is 5.60 Å². The molecule has 1 saturated heterocycles. The Morgan fingerprint density at radius 3 is 2.75 bits per heavy atom. The van der Waals surface area contributed by atoms with Crippen LogP contribution in [-0.4, -0.2) is 46.9 Å². The van der Waals surface area contributed by atoms with E-state index in [0.29, 0.717) is 6.54 Å². The van der Waals surface area contributed by atoms with E-state index in [1.54, 1.807) is 4.90 Å². The number of nitrogens with two attached hydrogens (primary N) is 1. The monoisotopic (exact) mass is 230 g/mol. The zero-order valence-electron chi connectivity index (χ0n) is 10.3. The highest BCUT2D eigenvalue weighted by molar-refractivity contribution is 5.69. The maximum absolute atomic E-state index is 11.8. The highest BCUT2D eigenvalue weighted by Crippen LogP contribution is 2.22. The third-order valence-electron chi connectivity index (χ3n) is 2.61. The maximum Gasteiger partial charge on any atom is 0.410 e. The number of aliphatic hydroxyl groups is 1. The van der Waals surface area contributed by atoms with Gasteiger partial charge in [-0.2, -0.15) is 0 Å². The van der Waals surface area contributed by atoms with Gasteiger partial charge in [-0.1, -0.05) is 0 Å². The summed E-state index contributed by atoms with van der Waals surface area (Å²) in [7, 11) is 0. The number of ether oxygens (including phenoxy) is 1. The average Bonchev–Trinajstić information content (AvgIpc) is 2.62. The molecule has 0 saturated carbocycles. The first-order valence-electron chi connectivity index (χ1n) is 5.73. The molecule has 0 aliphatic carbocycles. The van der Waals surface area contributed by atoms with Crippen LogP contribution in [0, 0.1) is 0 Å². The molecule has 0 aromatic heterocycles. The molecule has 0 aromatic rings. The molecule has 5 heteroatoms. The van der Waals surface area contributed by atoms with Crippen LogP contribution >= 0.6 is 0 Å². The standard InChI is InChI=1S/C11H22N2O3/c1-11(2,3)16-10(15)13-6-4-5-8(13)9(14)7-12/h8-9,14H,4-7,12H2,1-3H3/t8?,9-/m0/s1. The van der Waals surface area contributed by atoms with Gasteiger partial charge in [0.15, 0.2) is 0 Å². The fourth-order valence-electron chi connectivity index (χ4n) is 1.90. The van der Waals surface area contributed by atoms with Gasteiger partial charge in [-0.25, -0.2) is 4.79 Å². The molecule has 0 aromatic carbocycles. The van der Waals surface area contributed by atoms with Crippen molar-refractivity contribution in [2.45, 2.75) is 51.4 Å². The molecule has 1 aliphatic heterocycles. The van der Waals surface area contributed by atoms with E-state index in [-0.39, 0.29) is 18.7 Å². The molecule has 16 heavy (non-hydrogen) atoms. The van der Waals surface area contributed by atoms with Gasteiger partial charge in [0.25, 0.3) is 0 Å². The van der Waals surface area contributed by atoms with E-state index >= 15 is 0 Å². The number of aliphatic hydroxyl groups excluding tert-OH is 1. The van der Waals surface area contributed by atoms with E-state index in [9.17, 15) is 9.90 Å². The van der Waals surface area contributed by atoms with E-state index in [0.717, 1.165) is 12.8 Å². The highest BCUT2D eigenvalue weighted by atomic mass is 16.6. The van der Waals surface area contributed by atoms with Crippen molar-refractivity contribution in [1.82, 2.24) is 4.90 Å². The number of carbonyl (C=O) groups excluding carboxylic acids is 1. The predicted molar refractivity (Wildman–Crippen MR) is 61.0 cm³/mol. The zero-order valence-corrected chi connectivity index (χ0v) is 10.3. The summed E-state index contributed by atoms with van der Waals surface area (Å²) in [5.41, 5.74) is 4.91. The lowest BCUT2D eigenvalue weighted by Gasteiger charge is -2.30. The molecule has 1 fully saturated rings. The summed E-state index contributed by atoms with van der Waals surface area (Å²) in [6.07, 6.45) is 0.663. The van der Waals surface area contributed by atoms with Gasteiger partial charge < -0.3 is 20.5 Å². The number of likely N-dealkylation sites (tertiary alicyclic amines) is 1. The minimum absolute atomic E-state index is 0.171. The van der Waals surface area contributed by atoms with Crippen molar-refractivity contribution in [3.05, 3.63) is 0 Å². The molecular formula is C11H22N2O3. The number of nitrogens with zero attached hydrogens (tertiary/aromatic N) is 1. The molecular weight excluding hydrogens is 208 g/mol. The van der Waals surface area contributed by atoms with Crippen molar-refractivity contribution < 1.29 is 14.6 Å². The van der Waals surface area contributed by atoms with Crippen LogP contribution in [0.5, 0.6) is 0 Å².